The van der Waals surface area contributed by atoms with Crippen molar-refractivity contribution in [1.29, 1.82) is 0 Å². The molecule has 3 rings (SSSR count). The molecule has 7 nitrogen and oxygen atoms in total. The van der Waals surface area contributed by atoms with Gasteiger partial charge in [-0.25, -0.2) is 8.42 Å². The zero-order valence-corrected chi connectivity index (χ0v) is 25.1. The number of halogens is 1. The quantitative estimate of drug-likeness (QED) is 0.297. The summed E-state index contributed by atoms with van der Waals surface area (Å²) in [6, 6.07) is 21.8. The summed E-state index contributed by atoms with van der Waals surface area (Å²) in [6.45, 7) is 6.41. The van der Waals surface area contributed by atoms with Crippen LogP contribution in [0.25, 0.3) is 0 Å². The van der Waals surface area contributed by atoms with Crippen LogP contribution >= 0.6 is 11.6 Å². The number of carbonyl (C=O) groups excluding carboxylic acids is 2. The topological polar surface area (TPSA) is 86.8 Å². The van der Waals surface area contributed by atoms with Crippen LogP contribution in [-0.4, -0.2) is 50.5 Å². The summed E-state index contributed by atoms with van der Waals surface area (Å²) >= 11 is 6.26. The Kier molecular flexibility index (Phi) is 11.2. The lowest BCUT2D eigenvalue weighted by molar-refractivity contribution is -0.141. The van der Waals surface area contributed by atoms with Crippen molar-refractivity contribution in [3.05, 3.63) is 100 Å². The van der Waals surface area contributed by atoms with E-state index in [0.29, 0.717) is 29.2 Å². The number of rotatable bonds is 13. The second kappa shape index (κ2) is 14.3. The Morgan fingerprint density at radius 2 is 1.62 bits per heavy atom. The first-order valence-electron chi connectivity index (χ1n) is 13.4. The second-order valence-corrected chi connectivity index (χ2v) is 12.2. The monoisotopic (exact) mass is 583 g/mol. The number of hydrogen-bond acceptors (Lipinski definition) is 4. The van der Waals surface area contributed by atoms with Crippen molar-refractivity contribution in [2.24, 2.45) is 0 Å². The average molecular weight is 584 g/mol. The first kappa shape index (κ1) is 31.2. The number of likely N-dealkylation sites (N-methyl/N-ethyl adjacent to an activating group) is 1. The summed E-state index contributed by atoms with van der Waals surface area (Å²) in [5.74, 6) is -0.438. The van der Waals surface area contributed by atoms with Gasteiger partial charge >= 0.3 is 0 Å². The van der Waals surface area contributed by atoms with E-state index in [1.54, 1.807) is 30.0 Å². The van der Waals surface area contributed by atoms with Gasteiger partial charge in [0.2, 0.25) is 21.8 Å². The van der Waals surface area contributed by atoms with Crippen LogP contribution in [0.2, 0.25) is 5.02 Å². The lowest BCUT2D eigenvalue weighted by Gasteiger charge is -2.32. The van der Waals surface area contributed by atoms with Gasteiger partial charge in [0.1, 0.15) is 6.04 Å². The van der Waals surface area contributed by atoms with Crippen molar-refractivity contribution in [2.75, 3.05) is 23.7 Å². The van der Waals surface area contributed by atoms with Gasteiger partial charge in [0.25, 0.3) is 0 Å². The minimum Gasteiger partial charge on any atom is -0.355 e. The fourth-order valence-corrected chi connectivity index (χ4v) is 5.85. The van der Waals surface area contributed by atoms with E-state index >= 15 is 0 Å². The lowest BCUT2D eigenvalue weighted by atomic mass is 10.0. The van der Waals surface area contributed by atoms with Crippen LogP contribution in [0, 0.1) is 13.8 Å². The Bertz CT molecular complexity index is 1410. The standard InChI is InChI=1S/C31H38ClN3O4S/c1-5-33-31(37)29(21-25-14-7-6-8-15-25)34(22-26-16-10-9-13-23(26)2)30(36)19-12-20-35(40(4,38)39)28-18-11-17-27(32)24(28)3/h6-11,13-18,29H,5,12,19-22H2,1-4H3,(H,33,37)/t29-/m0/s1. The number of benzene rings is 3. The van der Waals surface area contributed by atoms with Crippen molar-refractivity contribution in [3.63, 3.8) is 0 Å². The predicted octanol–water partition coefficient (Wildman–Crippen LogP) is 5.28. The minimum atomic E-state index is -3.62. The zero-order valence-electron chi connectivity index (χ0n) is 23.6. The molecule has 0 heterocycles. The summed E-state index contributed by atoms with van der Waals surface area (Å²) < 4.78 is 26.7. The van der Waals surface area contributed by atoms with Gasteiger partial charge in [-0.15, -0.1) is 0 Å². The molecule has 0 saturated carbocycles. The number of nitrogens with one attached hydrogen (secondary N) is 1. The zero-order chi connectivity index (χ0) is 29.3. The number of sulfonamides is 1. The molecule has 214 valence electrons. The van der Waals surface area contributed by atoms with E-state index in [2.05, 4.69) is 5.32 Å². The number of amides is 2. The number of anilines is 1. The lowest BCUT2D eigenvalue weighted by Crippen LogP contribution is -2.50. The van der Waals surface area contributed by atoms with E-state index in [1.807, 2.05) is 68.4 Å². The molecule has 0 aliphatic rings. The molecule has 0 aliphatic carbocycles. The van der Waals surface area contributed by atoms with E-state index in [1.165, 1.54) is 4.31 Å². The van der Waals surface area contributed by atoms with Crippen molar-refractivity contribution < 1.29 is 18.0 Å². The Labute approximate surface area is 243 Å². The van der Waals surface area contributed by atoms with Crippen LogP contribution in [0.1, 0.15) is 42.0 Å². The van der Waals surface area contributed by atoms with Gasteiger partial charge in [-0.3, -0.25) is 13.9 Å². The summed E-state index contributed by atoms with van der Waals surface area (Å²) in [5.41, 5.74) is 4.06. The molecule has 3 aromatic carbocycles. The van der Waals surface area contributed by atoms with E-state index in [9.17, 15) is 18.0 Å². The molecule has 2 amide bonds. The number of carbonyl (C=O) groups is 2. The third-order valence-corrected chi connectivity index (χ3v) is 8.47. The average Bonchev–Trinajstić information content (AvgIpc) is 2.91. The Morgan fingerprint density at radius 1 is 0.950 bits per heavy atom. The van der Waals surface area contributed by atoms with E-state index in [4.69, 9.17) is 11.6 Å². The number of hydrogen-bond donors (Lipinski definition) is 1. The molecule has 1 N–H and O–H groups in total. The van der Waals surface area contributed by atoms with Crippen molar-refractivity contribution >= 4 is 39.1 Å². The largest absolute Gasteiger partial charge is 0.355 e. The van der Waals surface area contributed by atoms with Crippen molar-refractivity contribution in [1.82, 2.24) is 10.2 Å². The van der Waals surface area contributed by atoms with E-state index < -0.39 is 16.1 Å². The Balaban J connectivity index is 1.89. The molecular formula is C31H38ClN3O4S. The molecule has 0 aliphatic heterocycles. The van der Waals surface area contributed by atoms with E-state index in [-0.39, 0.29) is 37.7 Å². The molecule has 3 aromatic rings. The maximum atomic E-state index is 13.8. The first-order valence-corrected chi connectivity index (χ1v) is 15.6. The highest BCUT2D eigenvalue weighted by molar-refractivity contribution is 7.92. The van der Waals surface area contributed by atoms with Gasteiger partial charge in [0.05, 0.1) is 11.9 Å². The SMILES string of the molecule is CCNC(=O)[C@H](Cc1ccccc1)N(Cc1ccccc1C)C(=O)CCCN(c1cccc(Cl)c1C)S(C)(=O)=O. The van der Waals surface area contributed by atoms with Gasteiger partial charge in [-0.05, 0) is 61.6 Å². The Morgan fingerprint density at radius 3 is 2.27 bits per heavy atom. The van der Waals surface area contributed by atoms with Gasteiger partial charge in [0, 0.05) is 37.5 Å². The molecule has 0 saturated heterocycles. The summed E-state index contributed by atoms with van der Waals surface area (Å²) in [6.07, 6.45) is 1.85. The molecule has 0 aromatic heterocycles. The smallest absolute Gasteiger partial charge is 0.243 e. The van der Waals surface area contributed by atoms with Crippen LogP contribution in [0.4, 0.5) is 5.69 Å². The molecule has 9 heteroatoms. The molecule has 0 spiro atoms. The van der Waals surface area contributed by atoms with Gasteiger partial charge in [-0.2, -0.15) is 0 Å². The van der Waals surface area contributed by atoms with Crippen LogP contribution in [0.5, 0.6) is 0 Å². The third kappa shape index (κ3) is 8.32. The summed E-state index contributed by atoms with van der Waals surface area (Å²) in [4.78, 5) is 28.8. The highest BCUT2D eigenvalue weighted by atomic mass is 35.5. The first-order chi connectivity index (χ1) is 19.0. The maximum absolute atomic E-state index is 13.8. The van der Waals surface area contributed by atoms with Crippen LogP contribution in [0.15, 0.2) is 72.8 Å². The van der Waals surface area contributed by atoms with Crippen molar-refractivity contribution in [2.45, 2.75) is 52.6 Å². The fraction of sp³-hybridized carbons (Fsp3) is 0.355. The highest BCUT2D eigenvalue weighted by Crippen LogP contribution is 2.28. The minimum absolute atomic E-state index is 0.0716. The van der Waals surface area contributed by atoms with Gasteiger partial charge in [0.15, 0.2) is 0 Å². The van der Waals surface area contributed by atoms with Crippen LogP contribution < -0.4 is 9.62 Å². The highest BCUT2D eigenvalue weighted by Gasteiger charge is 2.30. The maximum Gasteiger partial charge on any atom is 0.243 e. The molecule has 1 atom stereocenters. The molecular weight excluding hydrogens is 546 g/mol. The predicted molar refractivity (Wildman–Crippen MR) is 162 cm³/mol. The van der Waals surface area contributed by atoms with Crippen LogP contribution in [-0.2, 0) is 32.6 Å². The third-order valence-electron chi connectivity index (χ3n) is 6.88. The molecule has 0 bridgehead atoms. The second-order valence-electron chi connectivity index (χ2n) is 9.87. The molecule has 0 fully saturated rings. The number of aryl methyl sites for hydroxylation is 1. The normalized spacial score (nSPS) is 12.0. The summed E-state index contributed by atoms with van der Waals surface area (Å²) in [7, 11) is -3.62. The fourth-order valence-electron chi connectivity index (χ4n) is 4.67. The van der Waals surface area contributed by atoms with Crippen molar-refractivity contribution in [3.8, 4) is 0 Å². The van der Waals surface area contributed by atoms with E-state index in [0.717, 1.165) is 22.9 Å². The molecule has 40 heavy (non-hydrogen) atoms. The van der Waals surface area contributed by atoms with Gasteiger partial charge in [-0.1, -0.05) is 72.3 Å². The van der Waals surface area contributed by atoms with Gasteiger partial charge < -0.3 is 10.2 Å². The van der Waals surface area contributed by atoms with Crippen LogP contribution in [0.3, 0.4) is 0 Å². The number of nitrogens with zero attached hydrogens (tertiary/aromatic N) is 2. The molecule has 0 radical (unpaired) electrons. The summed E-state index contributed by atoms with van der Waals surface area (Å²) in [5, 5.41) is 3.37. The molecule has 0 unspecified atom stereocenters. The Hall–Kier alpha value is -3.36.